The lowest BCUT2D eigenvalue weighted by Crippen LogP contribution is -2.56. The zero-order valence-electron chi connectivity index (χ0n) is 21.8. The summed E-state index contributed by atoms with van der Waals surface area (Å²) in [6.07, 6.45) is 2.44. The summed E-state index contributed by atoms with van der Waals surface area (Å²) in [4.78, 5) is 60.6. The highest BCUT2D eigenvalue weighted by Gasteiger charge is 2.40. The van der Waals surface area contributed by atoms with Crippen molar-refractivity contribution in [1.29, 1.82) is 0 Å². The largest absolute Gasteiger partial charge is 0.453 e. The van der Waals surface area contributed by atoms with Crippen LogP contribution in [0.25, 0.3) is 11.3 Å². The van der Waals surface area contributed by atoms with E-state index in [0.717, 1.165) is 17.0 Å². The lowest BCUT2D eigenvalue weighted by atomic mass is 10.0. The number of hydrogen-bond acceptors (Lipinski definition) is 6. The van der Waals surface area contributed by atoms with Gasteiger partial charge in [-0.3, -0.25) is 24.6 Å². The molecule has 3 aromatic rings. The SMILES string of the molecule is COC(=O)Nc1ccc2c(c1)NC(=O)CCCCC(N1CCN(c3c(F)ccc(Cl)c3F)C(=O)C1=O)c1ncc-2[nH]1. The lowest BCUT2D eigenvalue weighted by molar-refractivity contribution is -0.148. The Morgan fingerprint density at radius 2 is 1.93 bits per heavy atom. The van der Waals surface area contributed by atoms with Crippen molar-refractivity contribution < 1.29 is 32.7 Å². The van der Waals surface area contributed by atoms with Crippen LogP contribution in [0.2, 0.25) is 5.02 Å². The molecule has 1 atom stereocenters. The van der Waals surface area contributed by atoms with E-state index >= 15 is 0 Å². The van der Waals surface area contributed by atoms with Crippen molar-refractivity contribution in [2.75, 3.05) is 35.7 Å². The van der Waals surface area contributed by atoms with Gasteiger partial charge in [0.05, 0.1) is 35.8 Å². The smallest absolute Gasteiger partial charge is 0.411 e. The van der Waals surface area contributed by atoms with E-state index in [9.17, 15) is 28.0 Å². The minimum atomic E-state index is -1.12. The van der Waals surface area contributed by atoms with Crippen LogP contribution in [0.4, 0.5) is 30.6 Å². The number of nitrogens with zero attached hydrogens (tertiary/aromatic N) is 3. The predicted molar refractivity (Wildman–Crippen MR) is 145 cm³/mol. The summed E-state index contributed by atoms with van der Waals surface area (Å²) in [6, 6.07) is 6.20. The zero-order chi connectivity index (χ0) is 29.3. The van der Waals surface area contributed by atoms with Crippen molar-refractivity contribution in [2.24, 2.45) is 0 Å². The number of hydrogen-bond donors (Lipinski definition) is 3. The van der Waals surface area contributed by atoms with Gasteiger partial charge in [-0.05, 0) is 43.2 Å². The zero-order valence-corrected chi connectivity index (χ0v) is 22.6. The van der Waals surface area contributed by atoms with E-state index in [1.165, 1.54) is 18.2 Å². The van der Waals surface area contributed by atoms with Crippen LogP contribution >= 0.6 is 11.6 Å². The molecule has 214 valence electrons. The van der Waals surface area contributed by atoms with Gasteiger partial charge in [-0.2, -0.15) is 0 Å². The third kappa shape index (κ3) is 5.57. The average molecular weight is 587 g/mol. The van der Waals surface area contributed by atoms with Crippen LogP contribution in [0.15, 0.2) is 36.5 Å². The quantitative estimate of drug-likeness (QED) is 0.303. The summed E-state index contributed by atoms with van der Waals surface area (Å²) in [5.41, 5.74) is 1.24. The van der Waals surface area contributed by atoms with Gasteiger partial charge in [0.1, 0.15) is 17.3 Å². The number of imidazole rings is 1. The standard InChI is InChI=1S/C27H25ClF2N6O5/c1-41-27(40)32-14-6-7-15-18(12-14)33-21(37)5-3-2-4-20(24-31-13-19(15)34-24)35-10-11-36(26(39)25(35)38)23-17(29)9-8-16(28)22(23)30/h6-9,12-13,20H,2-5,10-11H2,1H3,(H,31,34)(H,32,40)(H,33,37). The molecule has 1 fully saturated rings. The second-order valence-electron chi connectivity index (χ2n) is 9.52. The number of carbonyl (C=O) groups excluding carboxylic acids is 4. The number of aromatic amines is 1. The fourth-order valence-corrected chi connectivity index (χ4v) is 5.12. The molecule has 2 aliphatic rings. The fraction of sp³-hybridized carbons (Fsp3) is 0.296. The molecule has 5 rings (SSSR count). The molecule has 0 saturated carbocycles. The van der Waals surface area contributed by atoms with Gasteiger partial charge in [0.25, 0.3) is 0 Å². The molecule has 1 aromatic heterocycles. The summed E-state index contributed by atoms with van der Waals surface area (Å²) < 4.78 is 33.8. The predicted octanol–water partition coefficient (Wildman–Crippen LogP) is 4.62. The maximum absolute atomic E-state index is 14.6. The average Bonchev–Trinajstić information content (AvgIpc) is 3.43. The van der Waals surface area contributed by atoms with E-state index in [1.807, 2.05) is 0 Å². The van der Waals surface area contributed by atoms with Crippen molar-refractivity contribution in [3.63, 3.8) is 0 Å². The number of benzene rings is 2. The van der Waals surface area contributed by atoms with Crippen molar-refractivity contribution in [3.8, 4) is 11.3 Å². The number of ether oxygens (including phenoxy) is 1. The number of halogens is 3. The Kier molecular flexibility index (Phi) is 7.88. The summed E-state index contributed by atoms with van der Waals surface area (Å²) in [7, 11) is 1.24. The first-order valence-corrected chi connectivity index (χ1v) is 13.2. The molecule has 0 aliphatic carbocycles. The highest BCUT2D eigenvalue weighted by molar-refractivity contribution is 6.41. The first-order valence-electron chi connectivity index (χ1n) is 12.8. The highest BCUT2D eigenvalue weighted by Crippen LogP contribution is 2.35. The maximum atomic E-state index is 14.6. The van der Waals surface area contributed by atoms with Gasteiger partial charge in [0, 0.05) is 30.8 Å². The monoisotopic (exact) mass is 586 g/mol. The van der Waals surface area contributed by atoms with Gasteiger partial charge in [-0.15, -0.1) is 0 Å². The number of rotatable bonds is 3. The van der Waals surface area contributed by atoms with Gasteiger partial charge >= 0.3 is 17.9 Å². The highest BCUT2D eigenvalue weighted by atomic mass is 35.5. The van der Waals surface area contributed by atoms with E-state index in [-0.39, 0.29) is 30.4 Å². The molecule has 4 amide bonds. The maximum Gasteiger partial charge on any atom is 0.411 e. The van der Waals surface area contributed by atoms with Gasteiger partial charge in [0.15, 0.2) is 5.82 Å². The van der Waals surface area contributed by atoms with Crippen molar-refractivity contribution in [2.45, 2.75) is 31.7 Å². The van der Waals surface area contributed by atoms with Crippen LogP contribution in [-0.4, -0.2) is 58.9 Å². The van der Waals surface area contributed by atoms with E-state index < -0.39 is 41.3 Å². The minimum absolute atomic E-state index is 0.0176. The molecule has 2 aliphatic heterocycles. The number of piperazine rings is 1. The molecular formula is C27H25ClF2N6O5. The summed E-state index contributed by atoms with van der Waals surface area (Å²) >= 11 is 5.80. The van der Waals surface area contributed by atoms with E-state index in [2.05, 4.69) is 25.3 Å². The fourth-order valence-electron chi connectivity index (χ4n) is 4.97. The summed E-state index contributed by atoms with van der Waals surface area (Å²) in [5.74, 6) is -4.01. The molecule has 0 spiro atoms. The molecule has 3 heterocycles. The Morgan fingerprint density at radius 3 is 2.71 bits per heavy atom. The number of anilines is 3. The van der Waals surface area contributed by atoms with Crippen LogP contribution < -0.4 is 15.5 Å². The molecule has 41 heavy (non-hydrogen) atoms. The Hall–Kier alpha value is -4.52. The molecule has 2 bridgehead atoms. The van der Waals surface area contributed by atoms with Crippen LogP contribution in [0.3, 0.4) is 0 Å². The van der Waals surface area contributed by atoms with Crippen LogP contribution in [-0.2, 0) is 19.1 Å². The Labute approximate surface area is 237 Å². The molecule has 11 nitrogen and oxygen atoms in total. The number of H-pyrrole nitrogens is 1. The van der Waals surface area contributed by atoms with Crippen LogP contribution in [0, 0.1) is 11.6 Å². The second-order valence-corrected chi connectivity index (χ2v) is 9.92. The lowest BCUT2D eigenvalue weighted by Gasteiger charge is -2.38. The number of nitrogens with one attached hydrogen (secondary N) is 3. The first kappa shape index (κ1) is 28.0. The number of amides is 4. The molecular weight excluding hydrogens is 562 g/mol. The number of methoxy groups -OCH3 is 1. The molecule has 1 unspecified atom stereocenters. The first-order chi connectivity index (χ1) is 19.7. The Balaban J connectivity index is 1.46. The van der Waals surface area contributed by atoms with Crippen molar-refractivity contribution >= 4 is 52.5 Å². The topological polar surface area (TPSA) is 137 Å². The number of carbonyl (C=O) groups is 4. The van der Waals surface area contributed by atoms with Crippen LogP contribution in [0.1, 0.15) is 37.5 Å². The van der Waals surface area contributed by atoms with E-state index in [0.29, 0.717) is 47.7 Å². The molecule has 2 aromatic carbocycles. The van der Waals surface area contributed by atoms with E-state index in [4.69, 9.17) is 11.6 Å². The molecule has 0 radical (unpaired) electrons. The Morgan fingerprint density at radius 1 is 1.12 bits per heavy atom. The summed E-state index contributed by atoms with van der Waals surface area (Å²) in [5, 5.41) is 5.05. The minimum Gasteiger partial charge on any atom is -0.453 e. The van der Waals surface area contributed by atoms with Crippen molar-refractivity contribution in [1.82, 2.24) is 14.9 Å². The van der Waals surface area contributed by atoms with Crippen molar-refractivity contribution in [3.05, 3.63) is 59.0 Å². The molecule has 3 N–H and O–H groups in total. The van der Waals surface area contributed by atoms with Gasteiger partial charge in [-0.1, -0.05) is 18.0 Å². The summed E-state index contributed by atoms with van der Waals surface area (Å²) in [6.45, 7) is -0.180. The third-order valence-corrected chi connectivity index (χ3v) is 7.27. The van der Waals surface area contributed by atoms with Crippen LogP contribution in [0.5, 0.6) is 0 Å². The van der Waals surface area contributed by atoms with E-state index in [1.54, 1.807) is 18.2 Å². The molecule has 14 heteroatoms. The third-order valence-electron chi connectivity index (χ3n) is 6.98. The van der Waals surface area contributed by atoms with Gasteiger partial charge < -0.3 is 19.9 Å². The number of aromatic nitrogens is 2. The normalized spacial score (nSPS) is 17.8. The second kappa shape index (κ2) is 11.5. The molecule has 1 saturated heterocycles. The number of fused-ring (bicyclic) bond motifs is 4. The van der Waals surface area contributed by atoms with Gasteiger partial charge in [-0.25, -0.2) is 18.6 Å². The van der Waals surface area contributed by atoms with Gasteiger partial charge in [0.2, 0.25) is 5.91 Å². The Bertz CT molecular complexity index is 1550.